The van der Waals surface area contributed by atoms with Gasteiger partial charge in [0.05, 0.1) is 31.8 Å². The molecule has 0 aromatic heterocycles. The number of nitrogens with two attached hydrogens (primary N) is 1. The van der Waals surface area contributed by atoms with Gasteiger partial charge in [0.2, 0.25) is 5.60 Å². The number of esters is 3. The number of methoxy groups -OCH3 is 1. The Morgan fingerprint density at radius 2 is 1.78 bits per heavy atom. The molecule has 58 heavy (non-hydrogen) atoms. The monoisotopic (exact) mass is 810 g/mol. The van der Waals surface area contributed by atoms with Gasteiger partial charge in [0.15, 0.2) is 24.3 Å². The number of aliphatic hydroxyl groups is 2. The number of hydrogen-bond donors (Lipinski definition) is 4. The molecule has 0 radical (unpaired) electrons. The van der Waals surface area contributed by atoms with Crippen LogP contribution in [-0.4, -0.2) is 120 Å². The molecule has 5 aliphatic rings. The zero-order valence-electron chi connectivity index (χ0n) is 34.1. The number of benzene rings is 1. The summed E-state index contributed by atoms with van der Waals surface area (Å²) in [5.41, 5.74) is 0.947. The third-order valence-corrected chi connectivity index (χ3v) is 13.0. The lowest BCUT2D eigenvalue weighted by atomic mass is 9.36. The van der Waals surface area contributed by atoms with Gasteiger partial charge >= 0.3 is 17.9 Å². The van der Waals surface area contributed by atoms with E-state index < -0.39 is 113 Å². The highest BCUT2D eigenvalue weighted by molar-refractivity contribution is 5.97. The molecular formula is C42H54N2O14. The van der Waals surface area contributed by atoms with Gasteiger partial charge in [-0.1, -0.05) is 42.8 Å². The number of Topliss-reactive ketones (excluding diaryl/α,β-unsaturated/α-hetero) is 1. The first-order valence-corrected chi connectivity index (χ1v) is 19.4. The van der Waals surface area contributed by atoms with Crippen molar-refractivity contribution in [1.82, 2.24) is 5.32 Å². The summed E-state index contributed by atoms with van der Waals surface area (Å²) >= 11 is 0. The van der Waals surface area contributed by atoms with E-state index in [0.717, 1.165) is 12.7 Å². The molecule has 2 unspecified atom stereocenters. The molecule has 16 nitrogen and oxygen atoms in total. The normalized spacial score (nSPS) is 35.4. The van der Waals surface area contributed by atoms with Crippen molar-refractivity contribution in [2.24, 2.45) is 28.4 Å². The number of allylic oxidation sites excluding steroid dienone is 3. The van der Waals surface area contributed by atoms with Crippen LogP contribution < -0.4 is 11.1 Å². The van der Waals surface area contributed by atoms with Crippen molar-refractivity contribution in [3.8, 4) is 0 Å². The first-order valence-electron chi connectivity index (χ1n) is 19.4. The van der Waals surface area contributed by atoms with Crippen LogP contribution in [0.15, 0.2) is 52.8 Å². The van der Waals surface area contributed by atoms with Gasteiger partial charge in [-0.25, -0.2) is 14.4 Å². The fourth-order valence-corrected chi connectivity index (χ4v) is 10.5. The molecule has 16 heteroatoms. The van der Waals surface area contributed by atoms with E-state index in [4.69, 9.17) is 34.2 Å². The van der Waals surface area contributed by atoms with Crippen LogP contribution in [0.2, 0.25) is 0 Å². The second-order valence-corrected chi connectivity index (χ2v) is 17.6. The molecule has 1 spiro atoms. The highest BCUT2D eigenvalue weighted by Crippen LogP contribution is 2.73. The Kier molecular flexibility index (Phi) is 11.4. The van der Waals surface area contributed by atoms with Crippen LogP contribution in [0.25, 0.3) is 0 Å². The molecule has 1 aromatic rings. The number of carbonyl (C=O) groups is 6. The quantitative estimate of drug-likeness (QED) is 0.100. The van der Waals surface area contributed by atoms with E-state index in [-0.39, 0.29) is 37.2 Å². The topological polar surface area (TPSA) is 236 Å². The predicted octanol–water partition coefficient (Wildman–Crippen LogP) is 1.17. The molecule has 4 fully saturated rings. The van der Waals surface area contributed by atoms with Crippen molar-refractivity contribution in [1.29, 1.82) is 0 Å². The number of fused-ring (bicyclic) bond motifs is 2. The standard InChI is InChI=1S/C42H54N2O14/c1-21(2)24(17-45)18-55-34-36(51)57-28-15-25-22(3)31(54-19-29(47)44-26(35(50)58-38(4,5)6)14-23-12-10-9-11-13-23)27(46)16-39(25,7)32-30(48)33(49)41(37(52)53-8)42(34,43)40(28,32)20-56-41/h9-13,17,25-26,28,30,32-34,48-49H,14-16,18-20,43H2,1-8H3,(H,44,47)/t25-,26?,28+,30+,32?,33-,34-,39-,40+,41-,42-/m0/s1. The average Bonchev–Trinajstić information content (AvgIpc) is 3.36. The van der Waals surface area contributed by atoms with E-state index in [1.54, 1.807) is 48.5 Å². The lowest BCUT2D eigenvalue weighted by Gasteiger charge is -2.70. The van der Waals surface area contributed by atoms with Gasteiger partial charge in [-0.15, -0.1) is 0 Å². The van der Waals surface area contributed by atoms with Gasteiger partial charge in [-0.3, -0.25) is 14.4 Å². The molecule has 2 bridgehead atoms. The third kappa shape index (κ3) is 6.47. The van der Waals surface area contributed by atoms with Crippen molar-refractivity contribution >= 4 is 35.9 Å². The molecule has 1 amide bonds. The zero-order chi connectivity index (χ0) is 42.7. The lowest BCUT2D eigenvalue weighted by molar-refractivity contribution is -0.299. The van der Waals surface area contributed by atoms with Crippen molar-refractivity contribution in [3.63, 3.8) is 0 Å². The number of aldehydes is 1. The number of carbonyl (C=O) groups excluding carboxylic acids is 6. The van der Waals surface area contributed by atoms with E-state index in [2.05, 4.69) is 5.32 Å². The molecular weight excluding hydrogens is 756 g/mol. The summed E-state index contributed by atoms with van der Waals surface area (Å²) < 4.78 is 35.0. The highest BCUT2D eigenvalue weighted by Gasteiger charge is 2.90. The smallest absolute Gasteiger partial charge is 0.343 e. The predicted molar refractivity (Wildman–Crippen MR) is 202 cm³/mol. The Morgan fingerprint density at radius 1 is 1.10 bits per heavy atom. The SMILES string of the molecule is COC(=O)[C@@]12OC[C@]34C([C@@H](O)[C@@H]1O)[C@@]1(C)CC(=O)C(OCC(=O)NC(Cc5ccccc5)C(=O)OC(C)(C)C)=C(C)[C@@H]1C[C@H]3OC(=O)[C@H](OCC(C=O)=C(C)C)[C@@]24N. The number of ether oxygens (including phenoxy) is 6. The summed E-state index contributed by atoms with van der Waals surface area (Å²) in [6.45, 7) is 10.5. The second kappa shape index (κ2) is 15.3. The van der Waals surface area contributed by atoms with E-state index in [1.807, 2.05) is 30.3 Å². The zero-order valence-corrected chi connectivity index (χ0v) is 34.1. The Bertz CT molecular complexity index is 1940. The molecule has 316 valence electrons. The van der Waals surface area contributed by atoms with Crippen LogP contribution in [0.4, 0.5) is 0 Å². The summed E-state index contributed by atoms with van der Waals surface area (Å²) in [4.78, 5) is 80.5. The van der Waals surface area contributed by atoms with Gasteiger partial charge in [-0.05, 0) is 70.4 Å². The van der Waals surface area contributed by atoms with Crippen LogP contribution in [0.5, 0.6) is 0 Å². The molecule has 1 aromatic carbocycles. The Hall–Kier alpha value is -4.48. The summed E-state index contributed by atoms with van der Waals surface area (Å²) in [5, 5.41) is 26.9. The Balaban J connectivity index is 1.33. The molecule has 3 aliphatic carbocycles. The van der Waals surface area contributed by atoms with E-state index in [1.165, 1.54) is 0 Å². The molecule has 2 saturated heterocycles. The molecule has 2 saturated carbocycles. The fourth-order valence-electron chi connectivity index (χ4n) is 10.5. The summed E-state index contributed by atoms with van der Waals surface area (Å²) in [5.74, 6) is -5.87. The first-order chi connectivity index (χ1) is 27.1. The first kappa shape index (κ1) is 43.1. The average molecular weight is 811 g/mol. The van der Waals surface area contributed by atoms with Crippen molar-refractivity contribution < 1.29 is 67.4 Å². The number of aliphatic hydroxyl groups excluding tert-OH is 2. The maximum absolute atomic E-state index is 14.2. The van der Waals surface area contributed by atoms with E-state index in [9.17, 15) is 39.0 Å². The van der Waals surface area contributed by atoms with Crippen molar-refractivity contribution in [3.05, 3.63) is 58.4 Å². The molecule has 2 aliphatic heterocycles. The molecule has 6 rings (SSSR count). The van der Waals surface area contributed by atoms with Gasteiger partial charge in [-0.2, -0.15) is 0 Å². The highest BCUT2D eigenvalue weighted by atomic mass is 16.6. The van der Waals surface area contributed by atoms with Crippen molar-refractivity contribution in [2.45, 2.75) is 115 Å². The summed E-state index contributed by atoms with van der Waals surface area (Å²) in [7, 11) is 1.05. The largest absolute Gasteiger partial charge is 0.480 e. The van der Waals surface area contributed by atoms with Gasteiger partial charge in [0.25, 0.3) is 5.91 Å². The minimum absolute atomic E-state index is 0.0252. The maximum atomic E-state index is 14.2. The minimum Gasteiger partial charge on any atom is -0.480 e. The van der Waals surface area contributed by atoms with Crippen LogP contribution in [0, 0.1) is 22.7 Å². The summed E-state index contributed by atoms with van der Waals surface area (Å²) in [6, 6.07) is 8.02. The Labute approximate surface area is 336 Å². The molecule has 2 heterocycles. The number of hydrogen-bond acceptors (Lipinski definition) is 15. The lowest BCUT2D eigenvalue weighted by Crippen LogP contribution is -2.90. The number of amides is 1. The molecule has 11 atom stereocenters. The van der Waals surface area contributed by atoms with Crippen LogP contribution >= 0.6 is 0 Å². The van der Waals surface area contributed by atoms with E-state index >= 15 is 0 Å². The van der Waals surface area contributed by atoms with Gasteiger partial charge < -0.3 is 49.7 Å². The number of rotatable bonds is 12. The maximum Gasteiger partial charge on any atom is 0.343 e. The number of nitrogens with one attached hydrogen (secondary N) is 1. The van der Waals surface area contributed by atoms with Gasteiger partial charge in [0.1, 0.15) is 35.7 Å². The Morgan fingerprint density at radius 3 is 2.38 bits per heavy atom. The van der Waals surface area contributed by atoms with Crippen molar-refractivity contribution in [2.75, 3.05) is 26.9 Å². The van der Waals surface area contributed by atoms with E-state index in [0.29, 0.717) is 17.4 Å². The van der Waals surface area contributed by atoms with Crippen LogP contribution in [0.3, 0.4) is 0 Å². The van der Waals surface area contributed by atoms with Gasteiger partial charge in [0, 0.05) is 24.3 Å². The van der Waals surface area contributed by atoms with Crippen LogP contribution in [-0.2, 0) is 63.6 Å². The number of ketones is 1. The second-order valence-electron chi connectivity index (χ2n) is 17.6. The fraction of sp³-hybridized carbons (Fsp3) is 0.619. The minimum atomic E-state index is -2.52. The molecule has 5 N–H and O–H groups in total. The van der Waals surface area contributed by atoms with Crippen LogP contribution in [0.1, 0.15) is 66.9 Å². The summed E-state index contributed by atoms with van der Waals surface area (Å²) in [6.07, 6.45) is -6.28. The third-order valence-electron chi connectivity index (χ3n) is 13.0.